The standard InChI is InChI=1S/C16H31NO2/c1-12(2)13-7-6-9-16(10-8-13,15(3,4)17)11-14(18)19-5/h12-13H,6-11,17H2,1-5H3. The first-order valence-corrected chi connectivity index (χ1v) is 7.57. The molecule has 0 aromatic heterocycles. The number of carbonyl (C=O) groups excluding carboxylic acids is 1. The summed E-state index contributed by atoms with van der Waals surface area (Å²) in [6, 6.07) is 0. The average Bonchev–Trinajstić information content (AvgIpc) is 2.51. The Labute approximate surface area is 118 Å². The Morgan fingerprint density at radius 2 is 2.00 bits per heavy atom. The lowest BCUT2D eigenvalue weighted by Gasteiger charge is -2.44. The quantitative estimate of drug-likeness (QED) is 0.627. The second-order valence-electron chi connectivity index (χ2n) is 7.19. The molecule has 1 rings (SSSR count). The van der Waals surface area contributed by atoms with Crippen molar-refractivity contribution in [3.63, 3.8) is 0 Å². The number of carbonyl (C=O) groups is 1. The first-order valence-electron chi connectivity index (χ1n) is 7.57. The highest BCUT2D eigenvalue weighted by molar-refractivity contribution is 5.70. The Bertz CT molecular complexity index is 306. The minimum atomic E-state index is -0.340. The predicted octanol–water partition coefficient (Wildman–Crippen LogP) is 3.51. The van der Waals surface area contributed by atoms with Gasteiger partial charge in [-0.05, 0) is 50.4 Å². The molecule has 0 saturated heterocycles. The third-order valence-electron chi connectivity index (χ3n) is 5.24. The summed E-state index contributed by atoms with van der Waals surface area (Å²) in [7, 11) is 1.47. The van der Waals surface area contributed by atoms with Crippen LogP contribution in [0.3, 0.4) is 0 Å². The summed E-state index contributed by atoms with van der Waals surface area (Å²) in [4.78, 5) is 11.8. The fourth-order valence-corrected chi connectivity index (χ4v) is 3.50. The van der Waals surface area contributed by atoms with Gasteiger partial charge in [-0.25, -0.2) is 0 Å². The molecule has 1 aliphatic carbocycles. The van der Waals surface area contributed by atoms with Gasteiger partial charge in [0.05, 0.1) is 13.5 Å². The molecule has 1 saturated carbocycles. The second-order valence-corrected chi connectivity index (χ2v) is 7.19. The van der Waals surface area contributed by atoms with Gasteiger partial charge in [-0.1, -0.05) is 26.7 Å². The number of esters is 1. The second kappa shape index (κ2) is 6.25. The van der Waals surface area contributed by atoms with Crippen molar-refractivity contribution in [2.24, 2.45) is 23.0 Å². The molecule has 112 valence electrons. The maximum absolute atomic E-state index is 11.8. The van der Waals surface area contributed by atoms with Crippen molar-refractivity contribution in [3.8, 4) is 0 Å². The van der Waals surface area contributed by atoms with E-state index in [4.69, 9.17) is 10.5 Å². The summed E-state index contributed by atoms with van der Waals surface area (Å²) >= 11 is 0. The molecule has 1 aliphatic rings. The molecule has 3 nitrogen and oxygen atoms in total. The van der Waals surface area contributed by atoms with E-state index >= 15 is 0 Å². The van der Waals surface area contributed by atoms with Crippen LogP contribution in [0, 0.1) is 17.3 Å². The lowest BCUT2D eigenvalue weighted by molar-refractivity contribution is -0.145. The molecular weight excluding hydrogens is 238 g/mol. The number of nitrogens with two attached hydrogens (primary N) is 1. The van der Waals surface area contributed by atoms with E-state index in [1.165, 1.54) is 26.4 Å². The van der Waals surface area contributed by atoms with Gasteiger partial charge in [0, 0.05) is 5.54 Å². The van der Waals surface area contributed by atoms with Crippen LogP contribution >= 0.6 is 0 Å². The van der Waals surface area contributed by atoms with E-state index in [2.05, 4.69) is 27.7 Å². The van der Waals surface area contributed by atoms with Crippen LogP contribution in [-0.4, -0.2) is 18.6 Å². The van der Waals surface area contributed by atoms with Crippen LogP contribution in [0.4, 0.5) is 0 Å². The monoisotopic (exact) mass is 269 g/mol. The van der Waals surface area contributed by atoms with Crippen molar-refractivity contribution in [1.29, 1.82) is 0 Å². The maximum atomic E-state index is 11.8. The van der Waals surface area contributed by atoms with Gasteiger partial charge < -0.3 is 10.5 Å². The molecule has 0 aliphatic heterocycles. The summed E-state index contributed by atoms with van der Waals surface area (Å²) in [6.07, 6.45) is 6.13. The zero-order chi connectivity index (χ0) is 14.7. The van der Waals surface area contributed by atoms with Gasteiger partial charge in [-0.2, -0.15) is 0 Å². The topological polar surface area (TPSA) is 52.3 Å². The molecule has 2 N–H and O–H groups in total. The van der Waals surface area contributed by atoms with Gasteiger partial charge in [0.2, 0.25) is 0 Å². The van der Waals surface area contributed by atoms with Gasteiger partial charge in [0.15, 0.2) is 0 Å². The fraction of sp³-hybridized carbons (Fsp3) is 0.938. The fourth-order valence-electron chi connectivity index (χ4n) is 3.50. The summed E-state index contributed by atoms with van der Waals surface area (Å²) in [5, 5.41) is 0. The molecule has 0 spiro atoms. The van der Waals surface area contributed by atoms with Crippen molar-refractivity contribution in [3.05, 3.63) is 0 Å². The lowest BCUT2D eigenvalue weighted by atomic mass is 9.64. The molecule has 0 heterocycles. The number of ether oxygens (including phenoxy) is 1. The summed E-state index contributed by atoms with van der Waals surface area (Å²) in [6.45, 7) is 8.72. The molecular formula is C16H31NO2. The molecule has 0 amide bonds. The number of hydrogen-bond acceptors (Lipinski definition) is 3. The number of methoxy groups -OCH3 is 1. The number of rotatable bonds is 4. The third-order valence-corrected chi connectivity index (χ3v) is 5.24. The summed E-state index contributed by atoms with van der Waals surface area (Å²) in [5.41, 5.74) is 5.98. The zero-order valence-electron chi connectivity index (χ0n) is 13.3. The Hall–Kier alpha value is -0.570. The van der Waals surface area contributed by atoms with Gasteiger partial charge in [0.1, 0.15) is 0 Å². The molecule has 2 atom stereocenters. The van der Waals surface area contributed by atoms with Gasteiger partial charge in [0.25, 0.3) is 0 Å². The van der Waals surface area contributed by atoms with Crippen molar-refractivity contribution in [1.82, 2.24) is 0 Å². The van der Waals surface area contributed by atoms with E-state index in [0.717, 1.165) is 24.7 Å². The molecule has 1 fully saturated rings. The van der Waals surface area contributed by atoms with E-state index < -0.39 is 0 Å². The zero-order valence-corrected chi connectivity index (χ0v) is 13.3. The van der Waals surface area contributed by atoms with E-state index in [0.29, 0.717) is 6.42 Å². The smallest absolute Gasteiger partial charge is 0.306 e. The minimum absolute atomic E-state index is 0.107. The Morgan fingerprint density at radius 3 is 2.47 bits per heavy atom. The van der Waals surface area contributed by atoms with E-state index in [1.54, 1.807) is 0 Å². The molecule has 0 bridgehead atoms. The van der Waals surface area contributed by atoms with Crippen molar-refractivity contribution < 1.29 is 9.53 Å². The molecule has 0 aromatic rings. The Balaban J connectivity index is 2.90. The summed E-state index contributed by atoms with van der Waals surface area (Å²) < 4.78 is 4.89. The van der Waals surface area contributed by atoms with E-state index in [1.807, 2.05) is 0 Å². The lowest BCUT2D eigenvalue weighted by Crippen LogP contribution is -2.51. The minimum Gasteiger partial charge on any atom is -0.469 e. The first kappa shape index (κ1) is 16.5. The third kappa shape index (κ3) is 3.95. The van der Waals surface area contributed by atoms with Crippen LogP contribution < -0.4 is 5.73 Å². The van der Waals surface area contributed by atoms with Gasteiger partial charge in [-0.15, -0.1) is 0 Å². The molecule has 3 heteroatoms. The maximum Gasteiger partial charge on any atom is 0.306 e. The SMILES string of the molecule is COC(=O)CC1(C(C)(C)N)CCCC(C(C)C)CC1. The van der Waals surface area contributed by atoms with Crippen LogP contribution in [-0.2, 0) is 9.53 Å². The van der Waals surface area contributed by atoms with Crippen LogP contribution in [0.2, 0.25) is 0 Å². The molecule has 19 heavy (non-hydrogen) atoms. The Morgan fingerprint density at radius 1 is 1.37 bits per heavy atom. The predicted molar refractivity (Wildman–Crippen MR) is 78.7 cm³/mol. The van der Waals surface area contributed by atoms with Gasteiger partial charge >= 0.3 is 5.97 Å². The highest BCUT2D eigenvalue weighted by Gasteiger charge is 2.45. The van der Waals surface area contributed by atoms with Crippen molar-refractivity contribution in [2.45, 2.75) is 71.8 Å². The van der Waals surface area contributed by atoms with E-state index in [-0.39, 0.29) is 16.9 Å². The largest absolute Gasteiger partial charge is 0.469 e. The van der Waals surface area contributed by atoms with Crippen LogP contribution in [0.5, 0.6) is 0 Å². The van der Waals surface area contributed by atoms with Crippen molar-refractivity contribution in [2.75, 3.05) is 7.11 Å². The Kier molecular flexibility index (Phi) is 5.43. The highest BCUT2D eigenvalue weighted by Crippen LogP contribution is 2.47. The summed E-state index contributed by atoms with van der Waals surface area (Å²) in [5.74, 6) is 1.36. The van der Waals surface area contributed by atoms with Crippen LogP contribution in [0.15, 0.2) is 0 Å². The highest BCUT2D eigenvalue weighted by atomic mass is 16.5. The van der Waals surface area contributed by atoms with E-state index in [9.17, 15) is 4.79 Å². The first-order chi connectivity index (χ1) is 8.72. The normalized spacial score (nSPS) is 29.1. The van der Waals surface area contributed by atoms with Gasteiger partial charge in [-0.3, -0.25) is 4.79 Å². The number of hydrogen-bond donors (Lipinski definition) is 1. The van der Waals surface area contributed by atoms with Crippen LogP contribution in [0.1, 0.15) is 66.2 Å². The van der Waals surface area contributed by atoms with Crippen molar-refractivity contribution >= 4 is 5.97 Å². The van der Waals surface area contributed by atoms with Crippen LogP contribution in [0.25, 0.3) is 0 Å². The average molecular weight is 269 g/mol. The molecule has 0 aromatic carbocycles. The molecule has 0 radical (unpaired) electrons. The molecule has 2 unspecified atom stereocenters.